The smallest absolute Gasteiger partial charge is 0.342 e. The molecule has 12 heteroatoms. The van der Waals surface area contributed by atoms with Crippen molar-refractivity contribution >= 4 is 23.5 Å². The number of benzene rings is 2. The molecule has 2 aliphatic heterocycles. The maximum absolute atomic E-state index is 13.5. The van der Waals surface area contributed by atoms with Crippen LogP contribution in [0.4, 0.5) is 14.9 Å². The number of nitrogens with one attached hydrogen (secondary N) is 1. The number of rotatable bonds is 7. The van der Waals surface area contributed by atoms with E-state index in [-0.39, 0.29) is 30.9 Å². The van der Waals surface area contributed by atoms with Gasteiger partial charge in [0.25, 0.3) is 11.8 Å². The van der Waals surface area contributed by atoms with Gasteiger partial charge in [-0.25, -0.2) is 9.18 Å². The zero-order chi connectivity index (χ0) is 30.0. The number of aliphatic hydroxyl groups is 1. The number of likely N-dealkylation sites (N-methyl/N-ethyl adjacent to an activating group) is 1. The van der Waals surface area contributed by atoms with Crippen LogP contribution in [0.5, 0.6) is 11.5 Å². The SMILES string of the molecule is CN1C(=O)[C@@H](NC(=O)n2cc(Cc3cccc(F)c3)cn2)COc2ccc(OCC(=O)N3CCC(C(C)(C)O)C3)cc21. The zero-order valence-corrected chi connectivity index (χ0v) is 23.7. The molecule has 2 aliphatic rings. The van der Waals surface area contributed by atoms with Gasteiger partial charge in [-0.15, -0.1) is 0 Å². The first-order valence-electron chi connectivity index (χ1n) is 13.7. The van der Waals surface area contributed by atoms with Crippen LogP contribution in [-0.4, -0.2) is 82.6 Å². The molecule has 0 aliphatic carbocycles. The molecular formula is C30H34FN5O6. The van der Waals surface area contributed by atoms with Crippen molar-refractivity contribution in [3.8, 4) is 11.5 Å². The number of aromatic nitrogens is 2. The standard InChI is InChI=1S/C30H34FN5O6/c1-30(2,40)21-9-10-35(16-21)27(37)18-41-23-7-8-26-25(13-23)34(3)28(38)24(17-42-26)33-29(39)36-15-20(14-32-36)11-19-5-4-6-22(31)12-19/h4-8,12-15,21,24,40H,9-11,16-18H2,1-3H3,(H,33,39)/t21?,24-/m0/s1. The van der Waals surface area contributed by atoms with Crippen molar-refractivity contribution < 1.29 is 33.4 Å². The Labute approximate surface area is 242 Å². The molecule has 42 heavy (non-hydrogen) atoms. The predicted octanol–water partition coefficient (Wildman–Crippen LogP) is 2.59. The van der Waals surface area contributed by atoms with Crippen molar-refractivity contribution in [1.29, 1.82) is 0 Å². The summed E-state index contributed by atoms with van der Waals surface area (Å²) in [4.78, 5) is 41.9. The minimum absolute atomic E-state index is 0.00904. The van der Waals surface area contributed by atoms with Crippen LogP contribution in [0.15, 0.2) is 54.9 Å². The summed E-state index contributed by atoms with van der Waals surface area (Å²) in [5, 5.41) is 17.0. The van der Waals surface area contributed by atoms with Gasteiger partial charge in [0, 0.05) is 44.7 Å². The average Bonchev–Trinajstić information content (AvgIpc) is 3.62. The van der Waals surface area contributed by atoms with Crippen molar-refractivity contribution in [3.63, 3.8) is 0 Å². The summed E-state index contributed by atoms with van der Waals surface area (Å²) in [5.41, 5.74) is 1.02. The topological polar surface area (TPSA) is 126 Å². The molecule has 1 saturated heterocycles. The van der Waals surface area contributed by atoms with Crippen molar-refractivity contribution in [2.75, 3.05) is 38.3 Å². The highest BCUT2D eigenvalue weighted by molar-refractivity contribution is 6.00. The number of carbonyl (C=O) groups excluding carboxylic acids is 3. The fourth-order valence-electron chi connectivity index (χ4n) is 5.13. The Morgan fingerprint density at radius 2 is 2.02 bits per heavy atom. The molecule has 0 radical (unpaired) electrons. The number of nitrogens with zero attached hydrogens (tertiary/aromatic N) is 4. The number of ether oxygens (including phenoxy) is 2. The Kier molecular flexibility index (Phi) is 8.17. The lowest BCUT2D eigenvalue weighted by molar-refractivity contribution is -0.132. The van der Waals surface area contributed by atoms with E-state index in [1.165, 1.54) is 29.4 Å². The Morgan fingerprint density at radius 3 is 2.76 bits per heavy atom. The quantitative estimate of drug-likeness (QED) is 0.441. The molecule has 0 spiro atoms. The fourth-order valence-corrected chi connectivity index (χ4v) is 5.13. The molecule has 1 unspecified atom stereocenters. The summed E-state index contributed by atoms with van der Waals surface area (Å²) in [5.74, 6) is -0.117. The highest BCUT2D eigenvalue weighted by Gasteiger charge is 2.35. The lowest BCUT2D eigenvalue weighted by Gasteiger charge is -2.25. The third-order valence-electron chi connectivity index (χ3n) is 7.67. The third kappa shape index (κ3) is 6.54. The Morgan fingerprint density at radius 1 is 1.21 bits per heavy atom. The summed E-state index contributed by atoms with van der Waals surface area (Å²) in [7, 11) is 1.57. The first-order valence-corrected chi connectivity index (χ1v) is 13.7. The number of amides is 3. The van der Waals surface area contributed by atoms with Gasteiger partial charge in [0.2, 0.25) is 0 Å². The van der Waals surface area contributed by atoms with Crippen LogP contribution in [0.1, 0.15) is 31.4 Å². The van der Waals surface area contributed by atoms with Crippen LogP contribution < -0.4 is 19.7 Å². The molecule has 0 saturated carbocycles. The molecule has 3 amide bonds. The molecule has 1 aromatic heterocycles. The largest absolute Gasteiger partial charge is 0.489 e. The van der Waals surface area contributed by atoms with E-state index in [0.29, 0.717) is 42.3 Å². The van der Waals surface area contributed by atoms with Gasteiger partial charge in [-0.05, 0) is 55.7 Å². The molecule has 5 rings (SSSR count). The van der Waals surface area contributed by atoms with E-state index in [2.05, 4.69) is 10.4 Å². The van der Waals surface area contributed by atoms with Crippen LogP contribution in [0.3, 0.4) is 0 Å². The molecule has 3 heterocycles. The Hall–Kier alpha value is -4.45. The van der Waals surface area contributed by atoms with Crippen LogP contribution in [0.2, 0.25) is 0 Å². The third-order valence-corrected chi connectivity index (χ3v) is 7.67. The Balaban J connectivity index is 1.18. The number of halogens is 1. The molecule has 1 fully saturated rings. The molecular weight excluding hydrogens is 545 g/mol. The van der Waals surface area contributed by atoms with Gasteiger partial charge in [-0.2, -0.15) is 9.78 Å². The van der Waals surface area contributed by atoms with Gasteiger partial charge in [-0.1, -0.05) is 12.1 Å². The lowest BCUT2D eigenvalue weighted by Crippen LogP contribution is -2.50. The van der Waals surface area contributed by atoms with E-state index in [0.717, 1.165) is 16.7 Å². The maximum atomic E-state index is 13.5. The molecule has 2 aromatic carbocycles. The van der Waals surface area contributed by atoms with Gasteiger partial charge < -0.3 is 29.7 Å². The minimum atomic E-state index is -0.990. The van der Waals surface area contributed by atoms with Gasteiger partial charge >= 0.3 is 6.03 Å². The minimum Gasteiger partial charge on any atom is -0.489 e. The van der Waals surface area contributed by atoms with E-state index in [1.807, 2.05) is 0 Å². The van der Waals surface area contributed by atoms with Crippen LogP contribution in [0, 0.1) is 11.7 Å². The molecule has 2 N–H and O–H groups in total. The summed E-state index contributed by atoms with van der Waals surface area (Å²) in [6, 6.07) is 9.49. The molecule has 222 valence electrons. The van der Waals surface area contributed by atoms with Crippen LogP contribution >= 0.6 is 0 Å². The first kappa shape index (κ1) is 29.1. The number of fused-ring (bicyclic) bond motifs is 1. The van der Waals surface area contributed by atoms with E-state index in [9.17, 15) is 23.9 Å². The van der Waals surface area contributed by atoms with Gasteiger partial charge in [0.05, 0.1) is 17.5 Å². The van der Waals surface area contributed by atoms with E-state index in [4.69, 9.17) is 9.47 Å². The molecule has 0 bridgehead atoms. The summed E-state index contributed by atoms with van der Waals surface area (Å²) < 4.78 is 26.2. The second-order valence-corrected chi connectivity index (χ2v) is 11.2. The van der Waals surface area contributed by atoms with Crippen molar-refractivity contribution in [2.45, 2.75) is 38.3 Å². The number of hydrogen-bond acceptors (Lipinski definition) is 7. The number of hydrogen-bond donors (Lipinski definition) is 2. The predicted molar refractivity (Wildman–Crippen MR) is 151 cm³/mol. The molecule has 3 aromatic rings. The number of likely N-dealkylation sites (tertiary alicyclic amines) is 1. The average molecular weight is 580 g/mol. The summed E-state index contributed by atoms with van der Waals surface area (Å²) in [6.07, 6.45) is 4.16. The van der Waals surface area contributed by atoms with Gasteiger partial charge in [-0.3, -0.25) is 9.59 Å². The van der Waals surface area contributed by atoms with Crippen LogP contribution in [-0.2, 0) is 16.0 Å². The van der Waals surface area contributed by atoms with E-state index >= 15 is 0 Å². The summed E-state index contributed by atoms with van der Waals surface area (Å²) in [6.45, 7) is 4.25. The highest BCUT2D eigenvalue weighted by atomic mass is 19.1. The van der Waals surface area contributed by atoms with E-state index < -0.39 is 23.6 Å². The maximum Gasteiger partial charge on any atom is 0.342 e. The Bertz CT molecular complexity index is 1480. The zero-order valence-electron chi connectivity index (χ0n) is 23.7. The normalized spacial score (nSPS) is 18.7. The first-order chi connectivity index (χ1) is 20.0. The molecule has 2 atom stereocenters. The number of anilines is 1. The van der Waals surface area contributed by atoms with E-state index in [1.54, 1.807) is 56.1 Å². The monoisotopic (exact) mass is 579 g/mol. The second-order valence-electron chi connectivity index (χ2n) is 11.2. The molecule has 11 nitrogen and oxygen atoms in total. The summed E-state index contributed by atoms with van der Waals surface area (Å²) >= 11 is 0. The second kappa shape index (κ2) is 11.8. The number of carbonyl (C=O) groups is 3. The van der Waals surface area contributed by atoms with Gasteiger partial charge in [0.1, 0.15) is 30.0 Å². The van der Waals surface area contributed by atoms with Crippen molar-refractivity contribution in [3.05, 3.63) is 71.8 Å². The fraction of sp³-hybridized carbons (Fsp3) is 0.400. The van der Waals surface area contributed by atoms with Crippen molar-refractivity contribution in [1.82, 2.24) is 20.0 Å². The van der Waals surface area contributed by atoms with Gasteiger partial charge in [0.15, 0.2) is 6.61 Å². The van der Waals surface area contributed by atoms with Crippen molar-refractivity contribution in [2.24, 2.45) is 5.92 Å². The lowest BCUT2D eigenvalue weighted by atomic mass is 9.90. The highest BCUT2D eigenvalue weighted by Crippen LogP contribution is 2.34. The van der Waals surface area contributed by atoms with Crippen LogP contribution in [0.25, 0.3) is 0 Å².